The summed E-state index contributed by atoms with van der Waals surface area (Å²) >= 11 is 12.2. The molecule has 0 saturated carbocycles. The number of carbonyl (C=O) groups is 1. The van der Waals surface area contributed by atoms with Gasteiger partial charge in [0.2, 0.25) is 5.78 Å². The van der Waals surface area contributed by atoms with Gasteiger partial charge in [-0.2, -0.15) is 0 Å². The predicted octanol–water partition coefficient (Wildman–Crippen LogP) is 4.72. The SMILES string of the molecule is COCCN1COc2cc(C)c3c(c2C1)O/C(=C\c1ccc(Cl)cc1Cl)C3=O. The van der Waals surface area contributed by atoms with Crippen LogP contribution in [0.5, 0.6) is 11.5 Å². The number of benzene rings is 2. The van der Waals surface area contributed by atoms with E-state index in [9.17, 15) is 4.79 Å². The Morgan fingerprint density at radius 2 is 2.11 bits per heavy atom. The molecule has 0 saturated heterocycles. The van der Waals surface area contributed by atoms with E-state index in [4.69, 9.17) is 37.4 Å². The van der Waals surface area contributed by atoms with Gasteiger partial charge < -0.3 is 14.2 Å². The van der Waals surface area contributed by atoms with Gasteiger partial charge in [0.1, 0.15) is 18.2 Å². The molecule has 0 atom stereocenters. The summed E-state index contributed by atoms with van der Waals surface area (Å²) in [4.78, 5) is 15.1. The Morgan fingerprint density at radius 3 is 2.86 bits per heavy atom. The number of carbonyl (C=O) groups excluding carboxylic acids is 1. The molecule has 0 unspecified atom stereocenters. The van der Waals surface area contributed by atoms with E-state index >= 15 is 0 Å². The minimum Gasteiger partial charge on any atom is -0.478 e. The standard InChI is InChI=1S/C21H19Cl2NO4/c1-12-7-17-15(10-24(11-27-17)5-6-26-2)21-19(12)20(25)18(28-21)8-13-3-4-14(22)9-16(13)23/h3-4,7-9H,5-6,10-11H2,1-2H3/b18-8-. The highest BCUT2D eigenvalue weighted by molar-refractivity contribution is 6.35. The fraction of sp³-hybridized carbons (Fsp3) is 0.286. The van der Waals surface area contributed by atoms with Crippen molar-refractivity contribution >= 4 is 35.1 Å². The molecule has 0 amide bonds. The molecule has 146 valence electrons. The molecule has 2 aromatic rings. The molecular formula is C21H19Cl2NO4. The fourth-order valence-electron chi connectivity index (χ4n) is 3.40. The van der Waals surface area contributed by atoms with Gasteiger partial charge in [0.05, 0.1) is 17.7 Å². The molecule has 5 nitrogen and oxygen atoms in total. The Hall–Kier alpha value is -2.05. The van der Waals surface area contributed by atoms with Gasteiger partial charge in [-0.25, -0.2) is 0 Å². The number of ketones is 1. The van der Waals surface area contributed by atoms with Crippen molar-refractivity contribution in [2.75, 3.05) is 27.0 Å². The number of rotatable bonds is 4. The van der Waals surface area contributed by atoms with Crippen molar-refractivity contribution in [2.45, 2.75) is 13.5 Å². The van der Waals surface area contributed by atoms with Gasteiger partial charge in [-0.05, 0) is 42.3 Å². The lowest BCUT2D eigenvalue weighted by Gasteiger charge is -2.29. The van der Waals surface area contributed by atoms with Crippen LogP contribution in [0.4, 0.5) is 0 Å². The summed E-state index contributed by atoms with van der Waals surface area (Å²) in [7, 11) is 1.67. The minimum absolute atomic E-state index is 0.157. The van der Waals surface area contributed by atoms with E-state index in [1.807, 2.05) is 13.0 Å². The second-order valence-electron chi connectivity index (χ2n) is 6.80. The van der Waals surface area contributed by atoms with Gasteiger partial charge >= 0.3 is 0 Å². The van der Waals surface area contributed by atoms with E-state index in [2.05, 4.69) is 4.90 Å². The summed E-state index contributed by atoms with van der Waals surface area (Å²) < 4.78 is 17.1. The number of nitrogens with zero attached hydrogens (tertiary/aromatic N) is 1. The molecule has 0 spiro atoms. The third-order valence-electron chi connectivity index (χ3n) is 4.85. The highest BCUT2D eigenvalue weighted by Gasteiger charge is 2.35. The zero-order valence-corrected chi connectivity index (χ0v) is 17.1. The first-order valence-electron chi connectivity index (χ1n) is 8.88. The van der Waals surface area contributed by atoms with Crippen LogP contribution in [-0.2, 0) is 11.3 Å². The van der Waals surface area contributed by atoms with Gasteiger partial charge in [-0.3, -0.25) is 9.69 Å². The lowest BCUT2D eigenvalue weighted by atomic mass is 9.98. The van der Waals surface area contributed by atoms with Crippen molar-refractivity contribution in [2.24, 2.45) is 0 Å². The van der Waals surface area contributed by atoms with Crippen molar-refractivity contribution in [3.63, 3.8) is 0 Å². The Balaban J connectivity index is 1.70. The van der Waals surface area contributed by atoms with E-state index in [-0.39, 0.29) is 11.5 Å². The normalized spacial score (nSPS) is 17.3. The summed E-state index contributed by atoms with van der Waals surface area (Å²) in [6.45, 7) is 4.33. The van der Waals surface area contributed by atoms with Gasteiger partial charge in [0, 0.05) is 30.2 Å². The number of hydrogen-bond donors (Lipinski definition) is 0. The van der Waals surface area contributed by atoms with E-state index in [1.165, 1.54) is 0 Å². The third-order valence-corrected chi connectivity index (χ3v) is 5.41. The average molecular weight is 420 g/mol. The molecule has 2 aliphatic rings. The average Bonchev–Trinajstić information content (AvgIpc) is 3.00. The number of fused-ring (bicyclic) bond motifs is 3. The molecule has 2 aromatic carbocycles. The number of ether oxygens (including phenoxy) is 3. The molecule has 0 radical (unpaired) electrons. The Kier molecular flexibility index (Phi) is 5.34. The summed E-state index contributed by atoms with van der Waals surface area (Å²) in [5.74, 6) is 1.40. The largest absolute Gasteiger partial charge is 0.478 e. The number of methoxy groups -OCH3 is 1. The quantitative estimate of drug-likeness (QED) is 0.671. The Bertz CT molecular complexity index is 987. The number of allylic oxidation sites excluding steroid dienone is 1. The van der Waals surface area contributed by atoms with Crippen molar-refractivity contribution in [3.8, 4) is 11.5 Å². The maximum absolute atomic E-state index is 13.0. The highest BCUT2D eigenvalue weighted by Crippen LogP contribution is 2.44. The monoisotopic (exact) mass is 419 g/mol. The molecular weight excluding hydrogens is 401 g/mol. The molecule has 7 heteroatoms. The third kappa shape index (κ3) is 3.51. The van der Waals surface area contributed by atoms with Crippen LogP contribution in [0.25, 0.3) is 6.08 Å². The molecule has 2 aliphatic heterocycles. The van der Waals surface area contributed by atoms with Crippen molar-refractivity contribution in [1.82, 2.24) is 4.90 Å². The lowest BCUT2D eigenvalue weighted by Crippen LogP contribution is -2.34. The molecule has 0 aliphatic carbocycles. The van der Waals surface area contributed by atoms with Crippen molar-refractivity contribution in [3.05, 3.63) is 62.3 Å². The van der Waals surface area contributed by atoms with Gasteiger partial charge in [-0.15, -0.1) is 0 Å². The van der Waals surface area contributed by atoms with Crippen LogP contribution in [0.15, 0.2) is 30.0 Å². The number of hydrogen-bond acceptors (Lipinski definition) is 5. The zero-order valence-electron chi connectivity index (χ0n) is 15.6. The highest BCUT2D eigenvalue weighted by atomic mass is 35.5. The number of halogens is 2. The Morgan fingerprint density at radius 1 is 1.29 bits per heavy atom. The summed E-state index contributed by atoms with van der Waals surface area (Å²) in [6.07, 6.45) is 1.65. The minimum atomic E-state index is -0.157. The van der Waals surface area contributed by atoms with E-state index in [1.54, 1.807) is 31.4 Å². The second-order valence-corrected chi connectivity index (χ2v) is 7.64. The van der Waals surface area contributed by atoms with Gasteiger partial charge in [0.15, 0.2) is 5.76 Å². The maximum Gasteiger partial charge on any atom is 0.232 e. The predicted molar refractivity (Wildman–Crippen MR) is 108 cm³/mol. The van der Waals surface area contributed by atoms with Crippen LogP contribution >= 0.6 is 23.2 Å². The van der Waals surface area contributed by atoms with E-state index < -0.39 is 0 Å². The first-order valence-corrected chi connectivity index (χ1v) is 9.63. The van der Waals surface area contributed by atoms with Crippen molar-refractivity contribution < 1.29 is 19.0 Å². The summed E-state index contributed by atoms with van der Waals surface area (Å²) in [5.41, 5.74) is 2.95. The van der Waals surface area contributed by atoms with Crippen molar-refractivity contribution in [1.29, 1.82) is 0 Å². The molecule has 28 heavy (non-hydrogen) atoms. The van der Waals surface area contributed by atoms with Gasteiger partial charge in [-0.1, -0.05) is 29.3 Å². The Labute approximate surface area is 173 Å². The first-order chi connectivity index (χ1) is 13.5. The van der Waals surface area contributed by atoms with Crippen LogP contribution in [0.2, 0.25) is 10.0 Å². The van der Waals surface area contributed by atoms with Crippen LogP contribution < -0.4 is 9.47 Å². The van der Waals surface area contributed by atoms with E-state index in [0.717, 1.165) is 23.4 Å². The second kappa shape index (κ2) is 7.76. The smallest absolute Gasteiger partial charge is 0.232 e. The van der Waals surface area contributed by atoms with Gasteiger partial charge in [0.25, 0.3) is 0 Å². The zero-order chi connectivity index (χ0) is 19.8. The number of aryl methyl sites for hydroxylation is 1. The molecule has 0 aromatic heterocycles. The summed E-state index contributed by atoms with van der Waals surface area (Å²) in [6, 6.07) is 7.02. The van der Waals surface area contributed by atoms with E-state index in [0.29, 0.717) is 46.8 Å². The molecule has 0 N–H and O–H groups in total. The number of Topliss-reactive ketones (excluding diaryl/α,β-unsaturated/α-hetero) is 1. The van der Waals surface area contributed by atoms with Crippen LogP contribution in [0.3, 0.4) is 0 Å². The van der Waals surface area contributed by atoms with Crippen LogP contribution in [-0.4, -0.2) is 37.7 Å². The lowest BCUT2D eigenvalue weighted by molar-refractivity contribution is 0.0646. The summed E-state index contributed by atoms with van der Waals surface area (Å²) in [5, 5.41) is 0.993. The fourth-order valence-corrected chi connectivity index (χ4v) is 3.86. The van der Waals surface area contributed by atoms with Crippen LogP contribution in [0.1, 0.15) is 27.0 Å². The molecule has 4 rings (SSSR count). The van der Waals surface area contributed by atoms with Crippen LogP contribution in [0, 0.1) is 6.92 Å². The molecule has 0 fully saturated rings. The molecule has 2 heterocycles. The molecule has 0 bridgehead atoms. The first kappa shape index (κ1) is 19.3. The topological polar surface area (TPSA) is 48.0 Å². The maximum atomic E-state index is 13.0.